The van der Waals surface area contributed by atoms with Crippen LogP contribution in [0.25, 0.3) is 0 Å². The van der Waals surface area contributed by atoms with Gasteiger partial charge in [-0.2, -0.15) is 13.2 Å². The average Bonchev–Trinajstić information content (AvgIpc) is 2.74. The van der Waals surface area contributed by atoms with Crippen molar-refractivity contribution in [2.45, 2.75) is 109 Å². The number of alkyl halides is 3. The summed E-state index contributed by atoms with van der Waals surface area (Å²) in [6, 6.07) is 3.60. The first-order valence-electron chi connectivity index (χ1n) is 12.2. The molecule has 0 atom stereocenters. The molecule has 0 nitrogen and oxygen atoms in total. The lowest BCUT2D eigenvalue weighted by Crippen LogP contribution is -2.25. The fourth-order valence-electron chi connectivity index (χ4n) is 5.92. The van der Waals surface area contributed by atoms with Crippen LogP contribution in [-0.2, 0) is 6.18 Å². The van der Waals surface area contributed by atoms with Crippen LogP contribution in [0.3, 0.4) is 0 Å². The lowest BCUT2D eigenvalue weighted by atomic mass is 9.68. The highest BCUT2D eigenvalue weighted by Gasteiger charge is 2.36. The van der Waals surface area contributed by atoms with E-state index in [1.54, 1.807) is 6.07 Å². The van der Waals surface area contributed by atoms with Gasteiger partial charge >= 0.3 is 6.18 Å². The van der Waals surface area contributed by atoms with Crippen molar-refractivity contribution in [2.75, 3.05) is 0 Å². The highest BCUT2D eigenvalue weighted by molar-refractivity contribution is 5.30. The normalized spacial score (nSPS) is 27.9. The number of rotatable bonds is 8. The Hall–Kier alpha value is -1.06. The molecule has 30 heavy (non-hydrogen) atoms. The summed E-state index contributed by atoms with van der Waals surface area (Å²) in [7, 11) is 0. The number of halogens is 4. The van der Waals surface area contributed by atoms with Crippen LogP contribution in [-0.4, -0.2) is 0 Å². The summed E-state index contributed by atoms with van der Waals surface area (Å²) in [4.78, 5) is 0. The smallest absolute Gasteiger partial charge is 0.206 e. The average molecular weight is 427 g/mol. The third-order valence-corrected chi connectivity index (χ3v) is 7.81. The number of hydrogen-bond donors (Lipinski definition) is 0. The second kappa shape index (κ2) is 11.0. The molecule has 0 heterocycles. The van der Waals surface area contributed by atoms with E-state index in [0.29, 0.717) is 5.56 Å². The van der Waals surface area contributed by atoms with Gasteiger partial charge in [0.1, 0.15) is 5.82 Å². The first-order chi connectivity index (χ1) is 14.4. The lowest BCUT2D eigenvalue weighted by Gasteiger charge is -2.38. The van der Waals surface area contributed by atoms with Gasteiger partial charge in [-0.25, -0.2) is 4.39 Å². The predicted octanol–water partition coefficient (Wildman–Crippen LogP) is 9.29. The summed E-state index contributed by atoms with van der Waals surface area (Å²) in [6.07, 6.45) is 13.1. The molecule has 2 aliphatic rings. The van der Waals surface area contributed by atoms with E-state index in [0.717, 1.165) is 55.6 Å². The molecule has 4 heteroatoms. The van der Waals surface area contributed by atoms with Gasteiger partial charge in [0.15, 0.2) is 0 Å². The third kappa shape index (κ3) is 6.47. The Morgan fingerprint density at radius 1 is 0.800 bits per heavy atom. The van der Waals surface area contributed by atoms with Gasteiger partial charge in [-0.15, -0.1) is 0 Å². The topological polar surface area (TPSA) is 0 Å². The van der Waals surface area contributed by atoms with Gasteiger partial charge in [-0.1, -0.05) is 64.4 Å². The third-order valence-electron chi connectivity index (χ3n) is 7.81. The van der Waals surface area contributed by atoms with E-state index < -0.39 is 17.6 Å². The molecule has 3 rings (SSSR count). The maximum atomic E-state index is 13.6. The summed E-state index contributed by atoms with van der Waals surface area (Å²) < 4.78 is 52.7. The minimum atomic E-state index is -4.62. The van der Waals surface area contributed by atoms with Crippen molar-refractivity contribution < 1.29 is 17.6 Å². The highest BCUT2D eigenvalue weighted by Crippen LogP contribution is 2.45. The van der Waals surface area contributed by atoms with Crippen LogP contribution in [0.1, 0.15) is 114 Å². The Labute approximate surface area is 179 Å². The van der Waals surface area contributed by atoms with Gasteiger partial charge < -0.3 is 0 Å². The second-order valence-electron chi connectivity index (χ2n) is 9.83. The van der Waals surface area contributed by atoms with Gasteiger partial charge in [-0.05, 0) is 79.9 Å². The zero-order valence-corrected chi connectivity index (χ0v) is 18.5. The summed E-state index contributed by atoms with van der Waals surface area (Å²) in [6.45, 7) is 2.26. The predicted molar refractivity (Wildman–Crippen MR) is 115 cm³/mol. The molecule has 1 aromatic rings. The molecule has 0 aliphatic heterocycles. The van der Waals surface area contributed by atoms with E-state index in [4.69, 9.17) is 0 Å². The number of unbranched alkanes of at least 4 members (excludes halogenated alkanes) is 4. The summed E-state index contributed by atoms with van der Waals surface area (Å²) in [5.41, 5.74) is -0.455. The highest BCUT2D eigenvalue weighted by atomic mass is 19.4. The van der Waals surface area contributed by atoms with Gasteiger partial charge in [0.25, 0.3) is 0 Å². The molecule has 0 radical (unpaired) electrons. The molecular formula is C26H38F4. The van der Waals surface area contributed by atoms with Crippen LogP contribution in [0.15, 0.2) is 18.2 Å². The molecule has 170 valence electrons. The largest absolute Gasteiger partial charge is 0.419 e. The van der Waals surface area contributed by atoms with Gasteiger partial charge in [0, 0.05) is 0 Å². The Balaban J connectivity index is 1.42. The van der Waals surface area contributed by atoms with Crippen molar-refractivity contribution >= 4 is 0 Å². The maximum absolute atomic E-state index is 13.6. The molecule has 0 spiro atoms. The van der Waals surface area contributed by atoms with Crippen molar-refractivity contribution in [3.63, 3.8) is 0 Å². The van der Waals surface area contributed by atoms with Crippen LogP contribution < -0.4 is 0 Å². The molecule has 0 saturated heterocycles. The first-order valence-corrected chi connectivity index (χ1v) is 12.2. The standard InChI is InChI=1S/C26H38F4/c1-2-3-4-5-6-7-19-8-10-20(11-9-19)21-12-14-22(15-13-21)23-16-17-25(27)24(18-23)26(28,29)30/h16-22H,2-15H2,1H3. The zero-order valence-electron chi connectivity index (χ0n) is 18.5. The van der Waals surface area contributed by atoms with Crippen LogP contribution in [0.2, 0.25) is 0 Å². The Morgan fingerprint density at radius 3 is 2.00 bits per heavy atom. The van der Waals surface area contributed by atoms with Crippen molar-refractivity contribution in [1.82, 2.24) is 0 Å². The van der Waals surface area contributed by atoms with Crippen LogP contribution >= 0.6 is 0 Å². The van der Waals surface area contributed by atoms with Gasteiger partial charge in [0.2, 0.25) is 0 Å². The molecule has 0 N–H and O–H groups in total. The second-order valence-corrected chi connectivity index (χ2v) is 9.83. The van der Waals surface area contributed by atoms with E-state index in [1.165, 1.54) is 64.2 Å². The SMILES string of the molecule is CCCCCCCC1CCC(C2CCC(c3ccc(F)c(C(F)(F)F)c3)CC2)CC1. The molecular weight excluding hydrogens is 388 g/mol. The Morgan fingerprint density at radius 2 is 1.40 bits per heavy atom. The van der Waals surface area contributed by atoms with Crippen LogP contribution in [0.4, 0.5) is 17.6 Å². The van der Waals surface area contributed by atoms with E-state index in [-0.39, 0.29) is 5.92 Å². The van der Waals surface area contributed by atoms with Crippen molar-refractivity contribution in [3.05, 3.63) is 35.1 Å². The Bertz CT molecular complexity index is 635. The van der Waals surface area contributed by atoms with E-state index >= 15 is 0 Å². The fourth-order valence-corrected chi connectivity index (χ4v) is 5.92. The molecule has 0 aromatic heterocycles. The minimum Gasteiger partial charge on any atom is -0.206 e. The monoisotopic (exact) mass is 426 g/mol. The van der Waals surface area contributed by atoms with Crippen LogP contribution in [0.5, 0.6) is 0 Å². The Kier molecular flexibility index (Phi) is 8.65. The maximum Gasteiger partial charge on any atom is 0.419 e. The fraction of sp³-hybridized carbons (Fsp3) is 0.769. The molecule has 1 aromatic carbocycles. The van der Waals surface area contributed by atoms with Crippen molar-refractivity contribution in [2.24, 2.45) is 17.8 Å². The molecule has 0 unspecified atom stereocenters. The first kappa shape index (κ1) is 23.6. The zero-order chi connectivity index (χ0) is 21.6. The molecule has 0 bridgehead atoms. The number of hydrogen-bond acceptors (Lipinski definition) is 0. The molecule has 2 fully saturated rings. The lowest BCUT2D eigenvalue weighted by molar-refractivity contribution is -0.140. The molecule has 0 amide bonds. The number of benzene rings is 1. The quantitative estimate of drug-likeness (QED) is 0.287. The van der Waals surface area contributed by atoms with E-state index in [1.807, 2.05) is 0 Å². The summed E-state index contributed by atoms with van der Waals surface area (Å²) in [5, 5.41) is 0. The van der Waals surface area contributed by atoms with Crippen LogP contribution in [0, 0.1) is 23.6 Å². The van der Waals surface area contributed by atoms with Gasteiger partial charge in [-0.3, -0.25) is 0 Å². The molecule has 2 aliphatic carbocycles. The van der Waals surface area contributed by atoms with Crippen molar-refractivity contribution in [1.29, 1.82) is 0 Å². The van der Waals surface area contributed by atoms with E-state index in [9.17, 15) is 17.6 Å². The summed E-state index contributed by atoms with van der Waals surface area (Å²) in [5.74, 6) is 1.43. The minimum absolute atomic E-state index is 0.141. The van der Waals surface area contributed by atoms with E-state index in [2.05, 4.69) is 6.92 Å². The van der Waals surface area contributed by atoms with Gasteiger partial charge in [0.05, 0.1) is 5.56 Å². The van der Waals surface area contributed by atoms with Crippen molar-refractivity contribution in [3.8, 4) is 0 Å². The molecule has 2 saturated carbocycles. The summed E-state index contributed by atoms with van der Waals surface area (Å²) >= 11 is 0.